The Morgan fingerprint density at radius 3 is 2.30 bits per heavy atom. The second kappa shape index (κ2) is 10.6. The van der Waals surface area contributed by atoms with Gasteiger partial charge in [-0.2, -0.15) is 0 Å². The van der Waals surface area contributed by atoms with Gasteiger partial charge in [0.1, 0.15) is 11.6 Å². The Hall–Kier alpha value is -3.29. The number of rotatable bonds is 8. The largest absolute Gasteiger partial charge is 0.481 e. The van der Waals surface area contributed by atoms with Crippen molar-refractivity contribution in [3.05, 3.63) is 58.4 Å². The van der Waals surface area contributed by atoms with Gasteiger partial charge in [0.2, 0.25) is 0 Å². The fraction of sp³-hybridized carbons (Fsp3) is 0.360. The van der Waals surface area contributed by atoms with Crippen LogP contribution in [0.4, 0.5) is 18.9 Å². The Labute approximate surface area is 190 Å². The number of carboxylic acid groups (broad SMARTS) is 1. The molecule has 1 amide bonds. The van der Waals surface area contributed by atoms with E-state index in [1.807, 2.05) is 12.1 Å². The van der Waals surface area contributed by atoms with Gasteiger partial charge in [-0.3, -0.25) is 9.59 Å². The van der Waals surface area contributed by atoms with Crippen LogP contribution in [0.2, 0.25) is 0 Å². The highest BCUT2D eigenvalue weighted by molar-refractivity contribution is 5.96. The first kappa shape index (κ1) is 24.4. The van der Waals surface area contributed by atoms with E-state index in [1.54, 1.807) is 12.1 Å². The number of anilines is 1. The van der Waals surface area contributed by atoms with Gasteiger partial charge < -0.3 is 15.7 Å². The number of hydrogen-bond donors (Lipinski definition) is 3. The maximum absolute atomic E-state index is 15.3. The van der Waals surface area contributed by atoms with Gasteiger partial charge in [-0.1, -0.05) is 25.0 Å². The van der Waals surface area contributed by atoms with Gasteiger partial charge in [0.25, 0.3) is 5.91 Å². The van der Waals surface area contributed by atoms with Crippen LogP contribution in [0.15, 0.2) is 30.1 Å². The molecule has 0 heterocycles. The number of carboxylic acids is 1. The highest BCUT2D eigenvalue weighted by atomic mass is 19.1. The summed E-state index contributed by atoms with van der Waals surface area (Å²) < 4.78 is 44.7. The molecule has 2 aromatic rings. The Balaban J connectivity index is 1.86. The van der Waals surface area contributed by atoms with Gasteiger partial charge in [-0.25, -0.2) is 13.2 Å². The molecule has 1 aliphatic rings. The van der Waals surface area contributed by atoms with Crippen molar-refractivity contribution >= 4 is 23.6 Å². The second-order valence-corrected chi connectivity index (χ2v) is 8.26. The zero-order valence-corrected chi connectivity index (χ0v) is 18.6. The van der Waals surface area contributed by atoms with E-state index in [0.717, 1.165) is 18.5 Å². The third-order valence-corrected chi connectivity index (χ3v) is 5.91. The molecular weight excluding hydrogens is 433 g/mol. The van der Waals surface area contributed by atoms with E-state index in [1.165, 1.54) is 26.7 Å². The lowest BCUT2D eigenvalue weighted by Crippen LogP contribution is -2.26. The van der Waals surface area contributed by atoms with E-state index >= 15 is 8.78 Å². The quantitative estimate of drug-likeness (QED) is 0.454. The summed E-state index contributed by atoms with van der Waals surface area (Å²) in [6.45, 7) is 2.44. The number of carbonyl (C=O) groups excluding carboxylic acids is 1. The Bertz CT molecular complexity index is 1050. The average molecular weight is 460 g/mol. The van der Waals surface area contributed by atoms with Crippen LogP contribution in [0.25, 0.3) is 17.2 Å². The molecule has 1 aliphatic carbocycles. The molecule has 0 spiro atoms. The Kier molecular flexibility index (Phi) is 7.79. The summed E-state index contributed by atoms with van der Waals surface area (Å²) in [5.74, 6) is -5.21. The topological polar surface area (TPSA) is 78.4 Å². The first-order chi connectivity index (χ1) is 15.7. The summed E-state index contributed by atoms with van der Waals surface area (Å²) in [5, 5.41) is 14.1. The van der Waals surface area contributed by atoms with Crippen LogP contribution in [-0.2, 0) is 9.59 Å². The molecule has 0 saturated heterocycles. The molecule has 0 unspecified atom stereocenters. The summed E-state index contributed by atoms with van der Waals surface area (Å²) in [6, 6.07) is 7.52. The van der Waals surface area contributed by atoms with Crippen LogP contribution >= 0.6 is 0 Å². The molecule has 3 N–H and O–H groups in total. The monoisotopic (exact) mass is 460 g/mol. The van der Waals surface area contributed by atoms with Crippen LogP contribution in [0.1, 0.15) is 48.8 Å². The standard InChI is InChI=1S/C25H27F3N2O3/c1-14-19(13-20(26)25(33)29-12-11-21(31)32)23(27)15(2)22(24(14)28)16-7-9-18(10-8-16)30-17-5-3-4-6-17/h7-10,13,17,30H,3-6,11-12H2,1-2H3,(H,29,33)(H,31,32). The molecule has 2 aromatic carbocycles. The predicted octanol–water partition coefficient (Wildman–Crippen LogP) is 5.50. The third kappa shape index (κ3) is 5.74. The number of amides is 1. The third-order valence-electron chi connectivity index (χ3n) is 5.91. The molecule has 0 aromatic heterocycles. The fourth-order valence-corrected chi connectivity index (χ4v) is 4.06. The van der Waals surface area contributed by atoms with E-state index < -0.39 is 29.3 Å². The zero-order valence-electron chi connectivity index (χ0n) is 18.6. The van der Waals surface area contributed by atoms with Crippen LogP contribution in [-0.4, -0.2) is 29.6 Å². The molecule has 0 bridgehead atoms. The summed E-state index contributed by atoms with van der Waals surface area (Å²) in [5.41, 5.74) is 0.998. The molecule has 1 saturated carbocycles. The van der Waals surface area contributed by atoms with Crippen molar-refractivity contribution in [3.8, 4) is 11.1 Å². The predicted molar refractivity (Wildman–Crippen MR) is 121 cm³/mol. The number of carbonyl (C=O) groups is 2. The average Bonchev–Trinajstić information content (AvgIpc) is 3.29. The van der Waals surface area contributed by atoms with Crippen molar-refractivity contribution in [1.82, 2.24) is 5.32 Å². The van der Waals surface area contributed by atoms with Gasteiger partial charge in [0.05, 0.1) is 6.42 Å². The maximum Gasteiger partial charge on any atom is 0.305 e. The highest BCUT2D eigenvalue weighted by Gasteiger charge is 2.22. The Morgan fingerprint density at radius 1 is 1.06 bits per heavy atom. The van der Waals surface area contributed by atoms with Crippen LogP contribution in [0.3, 0.4) is 0 Å². The van der Waals surface area contributed by atoms with Gasteiger partial charge in [-0.05, 0) is 61.6 Å². The SMILES string of the molecule is Cc1c(F)c(-c2ccc(NC3CCCC3)cc2)c(C)c(F)c1C=C(F)C(=O)NCCC(=O)O. The van der Waals surface area contributed by atoms with Gasteiger partial charge in [-0.15, -0.1) is 0 Å². The lowest BCUT2D eigenvalue weighted by atomic mass is 9.92. The lowest BCUT2D eigenvalue weighted by molar-refractivity contribution is -0.136. The molecule has 0 radical (unpaired) electrons. The van der Waals surface area contributed by atoms with E-state index in [-0.39, 0.29) is 35.2 Å². The van der Waals surface area contributed by atoms with Crippen molar-refractivity contribution in [2.45, 2.75) is 52.0 Å². The fourth-order valence-electron chi connectivity index (χ4n) is 4.06. The highest BCUT2D eigenvalue weighted by Crippen LogP contribution is 2.35. The summed E-state index contributed by atoms with van der Waals surface area (Å²) in [4.78, 5) is 22.3. The first-order valence-corrected chi connectivity index (χ1v) is 10.9. The van der Waals surface area contributed by atoms with Crippen molar-refractivity contribution in [2.24, 2.45) is 0 Å². The molecular formula is C25H27F3N2O3. The minimum Gasteiger partial charge on any atom is -0.481 e. The number of halogens is 3. The van der Waals surface area contributed by atoms with Crippen molar-refractivity contribution in [1.29, 1.82) is 0 Å². The number of hydrogen-bond acceptors (Lipinski definition) is 3. The zero-order chi connectivity index (χ0) is 24.1. The molecule has 33 heavy (non-hydrogen) atoms. The normalized spacial score (nSPS) is 14.4. The van der Waals surface area contributed by atoms with Gasteiger partial charge >= 0.3 is 5.97 Å². The van der Waals surface area contributed by atoms with E-state index in [9.17, 15) is 14.0 Å². The van der Waals surface area contributed by atoms with Gasteiger partial charge in [0, 0.05) is 29.4 Å². The second-order valence-electron chi connectivity index (χ2n) is 8.26. The smallest absolute Gasteiger partial charge is 0.305 e. The summed E-state index contributed by atoms with van der Waals surface area (Å²) >= 11 is 0. The molecule has 3 rings (SSSR count). The van der Waals surface area contributed by atoms with Gasteiger partial charge in [0.15, 0.2) is 5.83 Å². The van der Waals surface area contributed by atoms with Crippen molar-refractivity contribution in [2.75, 3.05) is 11.9 Å². The van der Waals surface area contributed by atoms with Crippen molar-refractivity contribution in [3.63, 3.8) is 0 Å². The summed E-state index contributed by atoms with van der Waals surface area (Å²) in [7, 11) is 0. The molecule has 0 aliphatic heterocycles. The van der Waals surface area contributed by atoms with E-state index in [4.69, 9.17) is 5.11 Å². The molecule has 0 atom stereocenters. The first-order valence-electron chi connectivity index (χ1n) is 10.9. The van der Waals surface area contributed by atoms with Crippen LogP contribution < -0.4 is 10.6 Å². The number of benzene rings is 2. The minimum atomic E-state index is -1.34. The minimum absolute atomic E-state index is 0.0000579. The molecule has 8 heteroatoms. The summed E-state index contributed by atoms with van der Waals surface area (Å²) in [6.07, 6.45) is 4.87. The number of aliphatic carboxylic acids is 1. The van der Waals surface area contributed by atoms with Crippen LogP contribution in [0, 0.1) is 25.5 Å². The molecule has 1 fully saturated rings. The number of nitrogens with one attached hydrogen (secondary N) is 2. The maximum atomic E-state index is 15.3. The Morgan fingerprint density at radius 2 is 1.70 bits per heavy atom. The van der Waals surface area contributed by atoms with E-state index in [2.05, 4.69) is 10.6 Å². The molecule has 176 valence electrons. The van der Waals surface area contributed by atoms with Crippen molar-refractivity contribution < 1.29 is 27.9 Å². The lowest BCUT2D eigenvalue weighted by Gasteiger charge is -2.17. The molecule has 5 nitrogen and oxygen atoms in total. The van der Waals surface area contributed by atoms with E-state index in [0.29, 0.717) is 17.7 Å². The van der Waals surface area contributed by atoms with Crippen LogP contribution in [0.5, 0.6) is 0 Å².